The van der Waals surface area contributed by atoms with Crippen LogP contribution in [0.1, 0.15) is 58.4 Å². The van der Waals surface area contributed by atoms with Gasteiger partial charge in [-0.1, -0.05) is 31.8 Å². The highest BCUT2D eigenvalue weighted by molar-refractivity contribution is 5.23. The molecule has 0 aliphatic heterocycles. The zero-order valence-electron chi connectivity index (χ0n) is 11.1. The van der Waals surface area contributed by atoms with Gasteiger partial charge in [-0.15, -0.1) is 5.10 Å². The summed E-state index contributed by atoms with van der Waals surface area (Å²) in [6.45, 7) is 8.15. The van der Waals surface area contributed by atoms with Gasteiger partial charge in [0.1, 0.15) is 0 Å². The van der Waals surface area contributed by atoms with Crippen LogP contribution in [0.3, 0.4) is 0 Å². The first kappa shape index (κ1) is 14.0. The summed E-state index contributed by atoms with van der Waals surface area (Å²) in [7, 11) is 0. The Bertz CT molecular complexity index is 303. The largest absolute Gasteiger partial charge is 0.406 e. The van der Waals surface area contributed by atoms with Crippen molar-refractivity contribution < 1.29 is 4.42 Å². The van der Waals surface area contributed by atoms with E-state index in [-0.39, 0.29) is 6.04 Å². The van der Waals surface area contributed by atoms with Gasteiger partial charge in [0.2, 0.25) is 5.89 Å². The Hall–Kier alpha value is -1.10. The number of nitrogens with zero attached hydrogens (tertiary/aromatic N) is 3. The van der Waals surface area contributed by atoms with Gasteiger partial charge < -0.3 is 15.1 Å². The quantitative estimate of drug-likeness (QED) is 0.756. The first-order valence-electron chi connectivity index (χ1n) is 6.53. The smallest absolute Gasteiger partial charge is 0.318 e. The Morgan fingerprint density at radius 1 is 1.18 bits per heavy atom. The van der Waals surface area contributed by atoms with E-state index >= 15 is 0 Å². The zero-order valence-corrected chi connectivity index (χ0v) is 11.1. The molecule has 1 heterocycles. The molecule has 1 unspecified atom stereocenters. The predicted molar refractivity (Wildman–Crippen MR) is 68.9 cm³/mol. The van der Waals surface area contributed by atoms with Crippen molar-refractivity contribution in [3.05, 3.63) is 5.89 Å². The van der Waals surface area contributed by atoms with Crippen LogP contribution in [0.15, 0.2) is 4.42 Å². The molecule has 0 bridgehead atoms. The van der Waals surface area contributed by atoms with Crippen LogP contribution >= 0.6 is 0 Å². The lowest BCUT2D eigenvalue weighted by Gasteiger charge is -2.19. The number of aromatic nitrogens is 2. The van der Waals surface area contributed by atoms with E-state index in [4.69, 9.17) is 10.2 Å². The molecular weight excluding hydrogens is 216 g/mol. The molecule has 1 atom stereocenters. The standard InChI is InChI=1S/C12H24N4O/c1-4-6-8-16(9-7-5-2)12-15-14-11(17-12)10(3)13/h10H,4-9,13H2,1-3H3. The number of rotatable bonds is 8. The number of anilines is 1. The van der Waals surface area contributed by atoms with Gasteiger partial charge in [-0.05, 0) is 19.8 Å². The Morgan fingerprint density at radius 2 is 1.76 bits per heavy atom. The van der Waals surface area contributed by atoms with E-state index in [1.807, 2.05) is 6.92 Å². The Morgan fingerprint density at radius 3 is 2.18 bits per heavy atom. The zero-order chi connectivity index (χ0) is 12.7. The second-order valence-electron chi connectivity index (χ2n) is 4.41. The maximum absolute atomic E-state index is 5.71. The average molecular weight is 240 g/mol. The van der Waals surface area contributed by atoms with Crippen molar-refractivity contribution in [1.82, 2.24) is 10.2 Å². The molecule has 1 aromatic heterocycles. The predicted octanol–water partition coefficient (Wildman–Crippen LogP) is 2.50. The van der Waals surface area contributed by atoms with Gasteiger partial charge in [-0.2, -0.15) is 0 Å². The van der Waals surface area contributed by atoms with Crippen molar-refractivity contribution in [2.45, 2.75) is 52.5 Å². The van der Waals surface area contributed by atoms with Crippen LogP contribution in [0, 0.1) is 0 Å². The molecule has 0 saturated carbocycles. The molecule has 17 heavy (non-hydrogen) atoms. The summed E-state index contributed by atoms with van der Waals surface area (Å²) in [6.07, 6.45) is 4.60. The minimum atomic E-state index is -0.199. The lowest BCUT2D eigenvalue weighted by atomic mass is 10.3. The summed E-state index contributed by atoms with van der Waals surface area (Å²) in [5.41, 5.74) is 5.71. The molecule has 0 saturated heterocycles. The fraction of sp³-hybridized carbons (Fsp3) is 0.833. The van der Waals surface area contributed by atoms with Gasteiger partial charge in [0.05, 0.1) is 6.04 Å². The molecule has 0 spiro atoms. The van der Waals surface area contributed by atoms with E-state index in [1.54, 1.807) is 0 Å². The number of hydrogen-bond donors (Lipinski definition) is 1. The molecule has 1 aromatic rings. The maximum Gasteiger partial charge on any atom is 0.318 e. The van der Waals surface area contributed by atoms with Crippen molar-refractivity contribution in [2.24, 2.45) is 5.73 Å². The number of hydrogen-bond acceptors (Lipinski definition) is 5. The van der Waals surface area contributed by atoms with Crippen LogP contribution in [0.2, 0.25) is 0 Å². The third kappa shape index (κ3) is 4.34. The van der Waals surface area contributed by atoms with Crippen molar-refractivity contribution in [2.75, 3.05) is 18.0 Å². The van der Waals surface area contributed by atoms with Crippen LogP contribution < -0.4 is 10.6 Å². The van der Waals surface area contributed by atoms with Crippen molar-refractivity contribution >= 4 is 6.01 Å². The summed E-state index contributed by atoms with van der Waals surface area (Å²) < 4.78 is 5.58. The van der Waals surface area contributed by atoms with Gasteiger partial charge in [-0.3, -0.25) is 0 Å². The molecule has 0 aromatic carbocycles. The van der Waals surface area contributed by atoms with E-state index in [1.165, 1.54) is 0 Å². The van der Waals surface area contributed by atoms with E-state index in [0.29, 0.717) is 11.9 Å². The van der Waals surface area contributed by atoms with E-state index in [9.17, 15) is 0 Å². The SMILES string of the molecule is CCCCN(CCCC)c1nnc(C(C)N)o1. The molecule has 0 fully saturated rings. The molecule has 5 heteroatoms. The van der Waals surface area contributed by atoms with Gasteiger partial charge in [-0.25, -0.2) is 0 Å². The van der Waals surface area contributed by atoms with E-state index in [2.05, 4.69) is 28.9 Å². The van der Waals surface area contributed by atoms with Gasteiger partial charge in [0.25, 0.3) is 0 Å². The third-order valence-electron chi connectivity index (χ3n) is 2.65. The molecule has 5 nitrogen and oxygen atoms in total. The van der Waals surface area contributed by atoms with Crippen LogP contribution in [-0.4, -0.2) is 23.3 Å². The summed E-state index contributed by atoms with van der Waals surface area (Å²) in [5, 5.41) is 8.04. The first-order valence-corrected chi connectivity index (χ1v) is 6.53. The molecule has 98 valence electrons. The highest BCUT2D eigenvalue weighted by Crippen LogP contribution is 2.17. The minimum absolute atomic E-state index is 0.199. The lowest BCUT2D eigenvalue weighted by molar-refractivity contribution is 0.452. The molecular formula is C12H24N4O. The molecule has 0 aliphatic carbocycles. The van der Waals surface area contributed by atoms with Crippen LogP contribution in [0.25, 0.3) is 0 Å². The van der Waals surface area contributed by atoms with E-state index in [0.717, 1.165) is 38.8 Å². The van der Waals surface area contributed by atoms with Crippen LogP contribution in [0.4, 0.5) is 6.01 Å². The number of nitrogens with two attached hydrogens (primary N) is 1. The van der Waals surface area contributed by atoms with E-state index < -0.39 is 0 Å². The summed E-state index contributed by atoms with van der Waals surface area (Å²) in [6, 6.07) is 0.412. The second kappa shape index (κ2) is 7.27. The minimum Gasteiger partial charge on any atom is -0.406 e. The summed E-state index contributed by atoms with van der Waals surface area (Å²) in [4.78, 5) is 2.16. The Kier molecular flexibility index (Phi) is 5.97. The van der Waals surface area contributed by atoms with Gasteiger partial charge in [0, 0.05) is 13.1 Å². The van der Waals surface area contributed by atoms with Gasteiger partial charge in [0.15, 0.2) is 0 Å². The van der Waals surface area contributed by atoms with Crippen molar-refractivity contribution in [3.8, 4) is 0 Å². The summed E-state index contributed by atoms with van der Waals surface area (Å²) >= 11 is 0. The number of unbranched alkanes of at least 4 members (excludes halogenated alkanes) is 2. The third-order valence-corrected chi connectivity index (χ3v) is 2.65. The van der Waals surface area contributed by atoms with Gasteiger partial charge >= 0.3 is 6.01 Å². The average Bonchev–Trinajstić information content (AvgIpc) is 2.79. The maximum atomic E-state index is 5.71. The normalized spacial score (nSPS) is 12.7. The van der Waals surface area contributed by atoms with Crippen molar-refractivity contribution in [1.29, 1.82) is 0 Å². The Labute approximate surface area is 103 Å². The lowest BCUT2D eigenvalue weighted by Crippen LogP contribution is -2.25. The highest BCUT2D eigenvalue weighted by Gasteiger charge is 2.15. The Balaban J connectivity index is 2.65. The fourth-order valence-corrected chi connectivity index (χ4v) is 1.54. The topological polar surface area (TPSA) is 68.2 Å². The first-order chi connectivity index (χ1) is 8.19. The second-order valence-corrected chi connectivity index (χ2v) is 4.41. The summed E-state index contributed by atoms with van der Waals surface area (Å²) in [5.74, 6) is 0.512. The monoisotopic (exact) mass is 240 g/mol. The van der Waals surface area contributed by atoms with Crippen LogP contribution in [-0.2, 0) is 0 Å². The molecule has 2 N–H and O–H groups in total. The molecule has 0 radical (unpaired) electrons. The molecule has 1 rings (SSSR count). The highest BCUT2D eigenvalue weighted by atomic mass is 16.4. The fourth-order valence-electron chi connectivity index (χ4n) is 1.54. The molecule has 0 amide bonds. The van der Waals surface area contributed by atoms with Crippen molar-refractivity contribution in [3.63, 3.8) is 0 Å². The van der Waals surface area contributed by atoms with Crippen LogP contribution in [0.5, 0.6) is 0 Å². The molecule has 0 aliphatic rings.